The molecular formula is C18H18Cl2N2O4. The highest BCUT2D eigenvalue weighted by molar-refractivity contribution is 6.35. The van der Waals surface area contributed by atoms with Crippen molar-refractivity contribution in [3.8, 4) is 17.2 Å². The van der Waals surface area contributed by atoms with Gasteiger partial charge in [0, 0.05) is 16.7 Å². The quantitative estimate of drug-likeness (QED) is 0.568. The van der Waals surface area contributed by atoms with Gasteiger partial charge in [-0.3, -0.25) is 4.79 Å². The molecule has 0 aliphatic carbocycles. The van der Waals surface area contributed by atoms with Crippen molar-refractivity contribution in [2.75, 3.05) is 14.2 Å². The van der Waals surface area contributed by atoms with Crippen LogP contribution in [-0.4, -0.2) is 32.4 Å². The first-order valence-electron chi connectivity index (χ1n) is 7.61. The number of benzene rings is 2. The number of carbonyl (C=O) groups excluding carboxylic acids is 1. The van der Waals surface area contributed by atoms with Crippen molar-refractivity contribution < 1.29 is 19.0 Å². The molecule has 0 bridgehead atoms. The molecule has 138 valence electrons. The van der Waals surface area contributed by atoms with Gasteiger partial charge >= 0.3 is 0 Å². The molecular weight excluding hydrogens is 379 g/mol. The van der Waals surface area contributed by atoms with Crippen LogP contribution in [0.25, 0.3) is 0 Å². The first kappa shape index (κ1) is 19.9. The van der Waals surface area contributed by atoms with E-state index in [-0.39, 0.29) is 0 Å². The summed E-state index contributed by atoms with van der Waals surface area (Å²) in [5.41, 5.74) is 3.09. The Hall–Kier alpha value is -2.44. The number of rotatable bonds is 7. The van der Waals surface area contributed by atoms with Crippen molar-refractivity contribution >= 4 is 35.3 Å². The maximum absolute atomic E-state index is 12.1. The summed E-state index contributed by atoms with van der Waals surface area (Å²) in [6.45, 7) is 1.59. The summed E-state index contributed by atoms with van der Waals surface area (Å²) in [5.74, 6) is 1.16. The fourth-order valence-corrected chi connectivity index (χ4v) is 2.45. The van der Waals surface area contributed by atoms with Crippen molar-refractivity contribution in [3.05, 3.63) is 52.0 Å². The molecule has 6 nitrogen and oxygen atoms in total. The van der Waals surface area contributed by atoms with Crippen molar-refractivity contribution in [1.82, 2.24) is 5.43 Å². The summed E-state index contributed by atoms with van der Waals surface area (Å²) in [6.07, 6.45) is 0.668. The Morgan fingerprint density at radius 3 is 2.54 bits per heavy atom. The lowest BCUT2D eigenvalue weighted by molar-refractivity contribution is -0.127. The highest BCUT2D eigenvalue weighted by Crippen LogP contribution is 2.28. The lowest BCUT2D eigenvalue weighted by Crippen LogP contribution is -2.33. The van der Waals surface area contributed by atoms with Crippen LogP contribution in [0, 0.1) is 0 Å². The first-order valence-corrected chi connectivity index (χ1v) is 8.37. The summed E-state index contributed by atoms with van der Waals surface area (Å²) >= 11 is 11.9. The molecule has 0 aliphatic heterocycles. The van der Waals surface area contributed by atoms with Crippen LogP contribution in [0.2, 0.25) is 10.0 Å². The van der Waals surface area contributed by atoms with Crippen LogP contribution in [0.3, 0.4) is 0 Å². The van der Waals surface area contributed by atoms with Crippen LogP contribution in [0.15, 0.2) is 41.5 Å². The number of hydrazone groups is 1. The number of nitrogens with one attached hydrogen (secondary N) is 1. The fourth-order valence-electron chi connectivity index (χ4n) is 2.00. The maximum atomic E-state index is 12.1. The van der Waals surface area contributed by atoms with E-state index in [1.54, 1.807) is 44.4 Å². The van der Waals surface area contributed by atoms with E-state index in [0.717, 1.165) is 0 Å². The van der Waals surface area contributed by atoms with Crippen LogP contribution in [0.4, 0.5) is 0 Å². The number of carbonyl (C=O) groups is 1. The molecule has 8 heteroatoms. The zero-order valence-electron chi connectivity index (χ0n) is 14.5. The Balaban J connectivity index is 1.98. The molecule has 26 heavy (non-hydrogen) atoms. The molecule has 1 unspecified atom stereocenters. The lowest BCUT2D eigenvalue weighted by Gasteiger charge is -2.14. The Bertz CT molecular complexity index is 812. The molecule has 0 aromatic heterocycles. The Kier molecular flexibility index (Phi) is 7.12. The van der Waals surface area contributed by atoms with Gasteiger partial charge in [-0.05, 0) is 37.3 Å². The monoisotopic (exact) mass is 396 g/mol. The minimum absolute atomic E-state index is 0.323. The molecule has 2 aromatic rings. The van der Waals surface area contributed by atoms with Gasteiger partial charge in [0.2, 0.25) is 0 Å². The van der Waals surface area contributed by atoms with Crippen molar-refractivity contribution in [3.63, 3.8) is 0 Å². The average Bonchev–Trinajstić information content (AvgIpc) is 2.63. The Morgan fingerprint density at radius 2 is 1.88 bits per heavy atom. The molecule has 2 aromatic carbocycles. The molecule has 0 saturated carbocycles. The van der Waals surface area contributed by atoms with Crippen molar-refractivity contribution in [2.45, 2.75) is 13.0 Å². The van der Waals surface area contributed by atoms with Crippen LogP contribution >= 0.6 is 23.2 Å². The van der Waals surface area contributed by atoms with E-state index in [9.17, 15) is 4.79 Å². The first-order chi connectivity index (χ1) is 12.4. The molecule has 1 N–H and O–H groups in total. The summed E-state index contributed by atoms with van der Waals surface area (Å²) in [4.78, 5) is 12.1. The van der Waals surface area contributed by atoms with Gasteiger partial charge in [-0.2, -0.15) is 5.10 Å². The topological polar surface area (TPSA) is 69.2 Å². The number of hydrogen-bond donors (Lipinski definition) is 1. The fraction of sp³-hybridized carbons (Fsp3) is 0.222. The largest absolute Gasteiger partial charge is 0.497 e. The van der Waals surface area contributed by atoms with E-state index in [2.05, 4.69) is 10.5 Å². The molecule has 2 rings (SSSR count). The predicted molar refractivity (Wildman–Crippen MR) is 102 cm³/mol. The Morgan fingerprint density at radius 1 is 1.12 bits per heavy atom. The minimum Gasteiger partial charge on any atom is -0.497 e. The Labute approximate surface area is 161 Å². The molecule has 0 heterocycles. The van der Waals surface area contributed by atoms with Crippen LogP contribution in [-0.2, 0) is 4.79 Å². The van der Waals surface area contributed by atoms with E-state index >= 15 is 0 Å². The van der Waals surface area contributed by atoms with Gasteiger partial charge in [0.05, 0.1) is 25.5 Å². The summed E-state index contributed by atoms with van der Waals surface area (Å²) in [5, 5.41) is 4.73. The highest BCUT2D eigenvalue weighted by Gasteiger charge is 2.15. The maximum Gasteiger partial charge on any atom is 0.280 e. The van der Waals surface area contributed by atoms with Gasteiger partial charge in [-0.15, -0.1) is 0 Å². The zero-order valence-corrected chi connectivity index (χ0v) is 16.0. The van der Waals surface area contributed by atoms with Gasteiger partial charge < -0.3 is 14.2 Å². The smallest absolute Gasteiger partial charge is 0.280 e. The second-order valence-electron chi connectivity index (χ2n) is 5.18. The summed E-state index contributed by atoms with van der Waals surface area (Å²) < 4.78 is 15.9. The number of nitrogens with zero attached hydrogens (tertiary/aromatic N) is 1. The van der Waals surface area contributed by atoms with E-state index in [1.807, 2.05) is 0 Å². The average molecular weight is 397 g/mol. The van der Waals surface area contributed by atoms with E-state index < -0.39 is 12.0 Å². The van der Waals surface area contributed by atoms with Gasteiger partial charge in [0.15, 0.2) is 6.10 Å². The molecule has 0 aliphatic rings. The highest BCUT2D eigenvalue weighted by atomic mass is 35.5. The van der Waals surface area contributed by atoms with Crippen LogP contribution < -0.4 is 19.6 Å². The molecule has 0 radical (unpaired) electrons. The normalized spacial score (nSPS) is 11.9. The molecule has 0 spiro atoms. The second-order valence-corrected chi connectivity index (χ2v) is 6.02. The van der Waals surface area contributed by atoms with Gasteiger partial charge in [-0.1, -0.05) is 23.2 Å². The number of methoxy groups -OCH3 is 2. The third kappa shape index (κ3) is 5.28. The van der Waals surface area contributed by atoms with Gasteiger partial charge in [0.1, 0.15) is 17.2 Å². The van der Waals surface area contributed by atoms with Gasteiger partial charge in [-0.25, -0.2) is 5.43 Å². The predicted octanol–water partition coefficient (Wildman–Crippen LogP) is 3.93. The second kappa shape index (κ2) is 9.31. The molecule has 1 amide bonds. The van der Waals surface area contributed by atoms with E-state index in [4.69, 9.17) is 37.4 Å². The van der Waals surface area contributed by atoms with Gasteiger partial charge in [0.25, 0.3) is 5.91 Å². The van der Waals surface area contributed by atoms with Crippen molar-refractivity contribution in [2.24, 2.45) is 5.10 Å². The minimum atomic E-state index is -0.802. The SMILES string of the molecule is COc1ccc(/C=N/NC(=O)C(C)Oc2ccc(Cl)cc2Cl)c(OC)c1. The number of ether oxygens (including phenoxy) is 3. The number of halogens is 2. The molecule has 0 fully saturated rings. The van der Waals surface area contributed by atoms with E-state index in [0.29, 0.717) is 32.9 Å². The summed E-state index contributed by atoms with van der Waals surface area (Å²) in [7, 11) is 3.10. The van der Waals surface area contributed by atoms with Crippen LogP contribution in [0.1, 0.15) is 12.5 Å². The van der Waals surface area contributed by atoms with Crippen LogP contribution in [0.5, 0.6) is 17.2 Å². The number of hydrogen-bond acceptors (Lipinski definition) is 5. The zero-order chi connectivity index (χ0) is 19.1. The van der Waals surface area contributed by atoms with Crippen molar-refractivity contribution in [1.29, 1.82) is 0 Å². The third-order valence-electron chi connectivity index (χ3n) is 3.39. The molecule has 1 atom stereocenters. The summed E-state index contributed by atoms with van der Waals surface area (Å²) in [6, 6.07) is 10.0. The third-order valence-corrected chi connectivity index (χ3v) is 3.92. The van der Waals surface area contributed by atoms with E-state index in [1.165, 1.54) is 19.4 Å². The standard InChI is InChI=1S/C18H18Cl2N2O4/c1-11(26-16-7-5-13(19)8-15(16)20)18(23)22-21-10-12-4-6-14(24-2)9-17(12)25-3/h4-11H,1-3H3,(H,22,23)/b21-10+. The number of amides is 1. The molecule has 0 saturated heterocycles. The lowest BCUT2D eigenvalue weighted by atomic mass is 10.2.